The third-order valence-corrected chi connectivity index (χ3v) is 3.20. The lowest BCUT2D eigenvalue weighted by molar-refractivity contribution is 0.407. The van der Waals surface area contributed by atoms with E-state index in [2.05, 4.69) is 18.0 Å². The van der Waals surface area contributed by atoms with Crippen molar-refractivity contribution in [3.8, 4) is 0 Å². The summed E-state index contributed by atoms with van der Waals surface area (Å²) in [5.74, 6) is 0.383. The zero-order chi connectivity index (χ0) is 10.1. The molecule has 3 heteroatoms. The Morgan fingerprint density at radius 1 is 1.36 bits per heavy atom. The number of nitrogens with two attached hydrogens (primary N) is 1. The van der Waals surface area contributed by atoms with Gasteiger partial charge in [0.1, 0.15) is 0 Å². The summed E-state index contributed by atoms with van der Waals surface area (Å²) in [4.78, 5) is 2.25. The van der Waals surface area contributed by atoms with Crippen LogP contribution in [0.25, 0.3) is 0 Å². The van der Waals surface area contributed by atoms with E-state index in [1.54, 1.807) is 0 Å². The smallest absolute Gasteiger partial charge is 0.0441 e. The fourth-order valence-electron chi connectivity index (χ4n) is 2.14. The Bertz CT molecular complexity index is 327. The van der Waals surface area contributed by atoms with E-state index in [0.717, 1.165) is 18.1 Å². The normalized spacial score (nSPS) is 28.2. The highest BCUT2D eigenvalue weighted by Gasteiger charge is 2.30. The highest BCUT2D eigenvalue weighted by molar-refractivity contribution is 6.31. The molecular weight excluding hydrogens is 196 g/mol. The van der Waals surface area contributed by atoms with Crippen molar-refractivity contribution < 1.29 is 0 Å². The molecule has 0 amide bonds. The third kappa shape index (κ3) is 1.78. The molecule has 0 spiro atoms. The van der Waals surface area contributed by atoms with Crippen molar-refractivity contribution in [2.24, 2.45) is 5.73 Å². The predicted octanol–water partition coefficient (Wildman–Crippen LogP) is 1.70. The zero-order valence-electron chi connectivity index (χ0n) is 8.28. The van der Waals surface area contributed by atoms with Gasteiger partial charge in [-0.15, -0.1) is 0 Å². The molecule has 0 aromatic heterocycles. The summed E-state index contributed by atoms with van der Waals surface area (Å²) in [6.07, 6.45) is 0. The molecular formula is C11H15ClN2. The summed E-state index contributed by atoms with van der Waals surface area (Å²) in [7, 11) is 2.09. The van der Waals surface area contributed by atoms with Gasteiger partial charge in [-0.05, 0) is 18.7 Å². The molecule has 2 atom stereocenters. The molecule has 14 heavy (non-hydrogen) atoms. The standard InChI is InChI=1S/C11H15ClN2/c1-14-6-9(11(13)7-14)8-4-2-3-5-10(8)12/h2-5,9,11H,6-7,13H2,1H3/t9-,11-/m0/s1. The molecule has 1 heterocycles. The molecule has 0 unspecified atom stereocenters. The van der Waals surface area contributed by atoms with Gasteiger partial charge in [-0.2, -0.15) is 0 Å². The van der Waals surface area contributed by atoms with Crippen molar-refractivity contribution in [2.45, 2.75) is 12.0 Å². The molecule has 1 saturated heterocycles. The van der Waals surface area contributed by atoms with E-state index in [9.17, 15) is 0 Å². The number of likely N-dealkylation sites (tertiary alicyclic amines) is 1. The van der Waals surface area contributed by atoms with Gasteiger partial charge in [-0.1, -0.05) is 29.8 Å². The van der Waals surface area contributed by atoms with Crippen molar-refractivity contribution >= 4 is 11.6 Å². The minimum absolute atomic E-state index is 0.208. The van der Waals surface area contributed by atoms with E-state index >= 15 is 0 Å². The Morgan fingerprint density at radius 3 is 2.64 bits per heavy atom. The molecule has 0 saturated carbocycles. The predicted molar refractivity (Wildman–Crippen MR) is 59.7 cm³/mol. The fourth-order valence-corrected chi connectivity index (χ4v) is 2.41. The van der Waals surface area contributed by atoms with E-state index in [-0.39, 0.29) is 6.04 Å². The molecule has 1 aromatic carbocycles. The highest BCUT2D eigenvalue weighted by atomic mass is 35.5. The molecule has 0 bridgehead atoms. The van der Waals surface area contributed by atoms with Crippen LogP contribution >= 0.6 is 11.6 Å². The topological polar surface area (TPSA) is 29.3 Å². The van der Waals surface area contributed by atoms with Gasteiger partial charge >= 0.3 is 0 Å². The summed E-state index contributed by atoms with van der Waals surface area (Å²) in [6.45, 7) is 1.96. The highest BCUT2D eigenvalue weighted by Crippen LogP contribution is 2.30. The summed E-state index contributed by atoms with van der Waals surface area (Å²) < 4.78 is 0. The second-order valence-corrected chi connectivity index (χ2v) is 4.42. The summed E-state index contributed by atoms with van der Waals surface area (Å²) in [6, 6.07) is 8.19. The van der Waals surface area contributed by atoms with Crippen LogP contribution < -0.4 is 5.73 Å². The molecule has 0 radical (unpaired) electrons. The average molecular weight is 211 g/mol. The molecule has 2 N–H and O–H groups in total. The Kier molecular flexibility index (Phi) is 2.77. The van der Waals surface area contributed by atoms with Gasteiger partial charge < -0.3 is 10.6 Å². The first-order valence-electron chi connectivity index (χ1n) is 4.87. The van der Waals surface area contributed by atoms with Gasteiger partial charge in [0, 0.05) is 30.1 Å². The van der Waals surface area contributed by atoms with Crippen molar-refractivity contribution in [3.63, 3.8) is 0 Å². The Balaban J connectivity index is 2.27. The molecule has 1 fully saturated rings. The second-order valence-electron chi connectivity index (χ2n) is 4.01. The number of benzene rings is 1. The average Bonchev–Trinajstić information content (AvgIpc) is 2.46. The number of likely N-dealkylation sites (N-methyl/N-ethyl adjacent to an activating group) is 1. The molecule has 2 rings (SSSR count). The van der Waals surface area contributed by atoms with Crippen LogP contribution in [0.1, 0.15) is 11.5 Å². The van der Waals surface area contributed by atoms with Gasteiger partial charge in [0.2, 0.25) is 0 Å². The molecule has 1 aliphatic heterocycles. The Hall–Kier alpha value is -0.570. The molecule has 1 aliphatic rings. The van der Waals surface area contributed by atoms with Crippen LogP contribution in [-0.4, -0.2) is 31.1 Å². The Morgan fingerprint density at radius 2 is 2.07 bits per heavy atom. The van der Waals surface area contributed by atoms with Crippen LogP contribution in [0.3, 0.4) is 0 Å². The van der Waals surface area contributed by atoms with Gasteiger partial charge in [-0.25, -0.2) is 0 Å². The van der Waals surface area contributed by atoms with Crippen LogP contribution in [0.15, 0.2) is 24.3 Å². The van der Waals surface area contributed by atoms with Gasteiger partial charge in [-0.3, -0.25) is 0 Å². The third-order valence-electron chi connectivity index (χ3n) is 2.85. The van der Waals surface area contributed by atoms with Gasteiger partial charge in [0.25, 0.3) is 0 Å². The lowest BCUT2D eigenvalue weighted by Crippen LogP contribution is -2.28. The van der Waals surface area contributed by atoms with Crippen LogP contribution in [0.5, 0.6) is 0 Å². The summed E-state index contributed by atoms with van der Waals surface area (Å²) in [5, 5.41) is 0.836. The second kappa shape index (κ2) is 3.89. The number of rotatable bonds is 1. The van der Waals surface area contributed by atoms with E-state index in [4.69, 9.17) is 17.3 Å². The first-order valence-corrected chi connectivity index (χ1v) is 5.25. The fraction of sp³-hybridized carbons (Fsp3) is 0.455. The van der Waals surface area contributed by atoms with E-state index in [1.807, 2.05) is 18.2 Å². The van der Waals surface area contributed by atoms with Crippen molar-refractivity contribution in [1.29, 1.82) is 0 Å². The minimum atomic E-state index is 0.208. The number of hydrogen-bond donors (Lipinski definition) is 1. The maximum atomic E-state index is 6.14. The van der Waals surface area contributed by atoms with E-state index < -0.39 is 0 Å². The zero-order valence-corrected chi connectivity index (χ0v) is 9.04. The number of halogens is 1. The largest absolute Gasteiger partial charge is 0.326 e. The molecule has 0 aliphatic carbocycles. The molecule has 76 valence electrons. The van der Waals surface area contributed by atoms with Crippen molar-refractivity contribution in [2.75, 3.05) is 20.1 Å². The van der Waals surface area contributed by atoms with Crippen LogP contribution in [-0.2, 0) is 0 Å². The van der Waals surface area contributed by atoms with Crippen LogP contribution in [0.2, 0.25) is 5.02 Å². The monoisotopic (exact) mass is 210 g/mol. The van der Waals surface area contributed by atoms with Crippen LogP contribution in [0, 0.1) is 0 Å². The maximum Gasteiger partial charge on any atom is 0.0441 e. The summed E-state index contributed by atoms with van der Waals surface area (Å²) >= 11 is 6.14. The van der Waals surface area contributed by atoms with Crippen molar-refractivity contribution in [3.05, 3.63) is 34.9 Å². The quantitative estimate of drug-likeness (QED) is 0.765. The van der Waals surface area contributed by atoms with Gasteiger partial charge in [0.15, 0.2) is 0 Å². The summed E-state index contributed by atoms with van der Waals surface area (Å²) in [5.41, 5.74) is 7.26. The molecule has 1 aromatic rings. The minimum Gasteiger partial charge on any atom is -0.326 e. The SMILES string of the molecule is CN1C[C@H](N)[C@H](c2ccccc2Cl)C1. The van der Waals surface area contributed by atoms with Crippen LogP contribution in [0.4, 0.5) is 0 Å². The number of nitrogens with zero attached hydrogens (tertiary/aromatic N) is 1. The first-order chi connectivity index (χ1) is 6.68. The van der Waals surface area contributed by atoms with Gasteiger partial charge in [0.05, 0.1) is 0 Å². The Labute approximate surface area is 89.7 Å². The maximum absolute atomic E-state index is 6.14. The number of hydrogen-bond acceptors (Lipinski definition) is 2. The lowest BCUT2D eigenvalue weighted by atomic mass is 9.95. The molecule has 2 nitrogen and oxygen atoms in total. The van der Waals surface area contributed by atoms with E-state index in [1.165, 1.54) is 5.56 Å². The van der Waals surface area contributed by atoms with Crippen molar-refractivity contribution in [1.82, 2.24) is 4.90 Å². The lowest BCUT2D eigenvalue weighted by Gasteiger charge is -2.15. The van der Waals surface area contributed by atoms with E-state index in [0.29, 0.717) is 5.92 Å². The first kappa shape index (κ1) is 9.97.